The number of nitrogens with one attached hydrogen (secondary N) is 2. The third-order valence-corrected chi connectivity index (χ3v) is 5.29. The lowest BCUT2D eigenvalue weighted by Gasteiger charge is -2.11. The molecule has 5 nitrogen and oxygen atoms in total. The molecule has 0 aliphatic heterocycles. The number of aliphatic hydroxyl groups is 1. The van der Waals surface area contributed by atoms with Crippen LogP contribution in [0.25, 0.3) is 11.1 Å². The predicted molar refractivity (Wildman–Crippen MR) is 118 cm³/mol. The number of anilines is 1. The Hall–Kier alpha value is -2.96. The van der Waals surface area contributed by atoms with E-state index >= 15 is 0 Å². The monoisotopic (exact) mass is 408 g/mol. The van der Waals surface area contributed by atoms with Crippen LogP contribution in [0, 0.1) is 6.92 Å². The summed E-state index contributed by atoms with van der Waals surface area (Å²) < 4.78 is 0. The van der Waals surface area contributed by atoms with Crippen LogP contribution in [-0.2, 0) is 0 Å². The minimum Gasteiger partial charge on any atom is -0.396 e. The Labute approximate surface area is 174 Å². The molecule has 150 valence electrons. The molecule has 0 bridgehead atoms. The fourth-order valence-electron chi connectivity index (χ4n) is 2.95. The third-order valence-electron chi connectivity index (χ3n) is 4.61. The molecule has 3 N–H and O–H groups in total. The highest BCUT2D eigenvalue weighted by atomic mass is 32.1. The second-order valence-electron chi connectivity index (χ2n) is 6.76. The molecule has 3 rings (SSSR count). The first-order valence-electron chi connectivity index (χ1n) is 9.52. The average Bonchev–Trinajstić information content (AvgIpc) is 3.28. The second kappa shape index (κ2) is 10.0. The lowest BCUT2D eigenvalue weighted by Crippen LogP contribution is -2.24. The zero-order valence-electron chi connectivity index (χ0n) is 16.3. The van der Waals surface area contributed by atoms with Gasteiger partial charge in [-0.05, 0) is 72.2 Å². The topological polar surface area (TPSA) is 78.4 Å². The van der Waals surface area contributed by atoms with Gasteiger partial charge in [-0.3, -0.25) is 9.59 Å². The van der Waals surface area contributed by atoms with E-state index in [2.05, 4.69) is 10.6 Å². The van der Waals surface area contributed by atoms with Gasteiger partial charge in [0.15, 0.2) is 0 Å². The number of benzene rings is 2. The molecular weight excluding hydrogens is 384 g/mol. The molecule has 3 aromatic rings. The van der Waals surface area contributed by atoms with Crippen LogP contribution in [0.5, 0.6) is 0 Å². The van der Waals surface area contributed by atoms with E-state index in [1.807, 2.05) is 48.0 Å². The van der Waals surface area contributed by atoms with Crippen LogP contribution in [0.4, 0.5) is 5.69 Å². The molecule has 0 radical (unpaired) electrons. The van der Waals surface area contributed by atoms with Crippen LogP contribution in [0.15, 0.2) is 59.3 Å². The molecule has 0 atom stereocenters. The van der Waals surface area contributed by atoms with Crippen molar-refractivity contribution in [2.45, 2.75) is 19.8 Å². The van der Waals surface area contributed by atoms with E-state index in [4.69, 9.17) is 5.11 Å². The van der Waals surface area contributed by atoms with Crippen LogP contribution < -0.4 is 10.6 Å². The summed E-state index contributed by atoms with van der Waals surface area (Å²) in [4.78, 5) is 24.5. The highest BCUT2D eigenvalue weighted by Crippen LogP contribution is 2.27. The lowest BCUT2D eigenvalue weighted by molar-refractivity contribution is 0.0951. The molecule has 6 heteroatoms. The molecule has 0 fully saturated rings. The van der Waals surface area contributed by atoms with E-state index in [1.54, 1.807) is 18.2 Å². The fraction of sp³-hybridized carbons (Fsp3) is 0.217. The summed E-state index contributed by atoms with van der Waals surface area (Å²) in [5, 5.41) is 18.3. The first-order chi connectivity index (χ1) is 14.1. The Morgan fingerprint density at radius 3 is 2.45 bits per heavy atom. The fourth-order valence-corrected chi connectivity index (χ4v) is 3.59. The van der Waals surface area contributed by atoms with Crippen molar-refractivity contribution in [2.75, 3.05) is 18.5 Å². The van der Waals surface area contributed by atoms with Crippen molar-refractivity contribution in [1.29, 1.82) is 0 Å². The Morgan fingerprint density at radius 1 is 0.966 bits per heavy atom. The van der Waals surface area contributed by atoms with Gasteiger partial charge in [0.05, 0.1) is 5.56 Å². The van der Waals surface area contributed by atoms with Crippen LogP contribution in [0.3, 0.4) is 0 Å². The molecule has 2 amide bonds. The van der Waals surface area contributed by atoms with Crippen molar-refractivity contribution in [3.63, 3.8) is 0 Å². The van der Waals surface area contributed by atoms with Gasteiger partial charge in [0.1, 0.15) is 0 Å². The summed E-state index contributed by atoms with van der Waals surface area (Å²) in [6.45, 7) is 2.70. The summed E-state index contributed by atoms with van der Waals surface area (Å²) >= 11 is 1.49. The Balaban J connectivity index is 1.71. The number of aliphatic hydroxyl groups excluding tert-OH is 1. The molecular formula is C23H24N2O3S. The number of carbonyl (C=O) groups is 2. The van der Waals surface area contributed by atoms with Crippen LogP contribution in [0.1, 0.15) is 39.1 Å². The third kappa shape index (κ3) is 5.53. The van der Waals surface area contributed by atoms with Gasteiger partial charge in [-0.15, -0.1) is 0 Å². The summed E-state index contributed by atoms with van der Waals surface area (Å²) in [5.41, 5.74) is 5.03. The number of hydrogen-bond donors (Lipinski definition) is 3. The van der Waals surface area contributed by atoms with Gasteiger partial charge in [0, 0.05) is 29.8 Å². The molecule has 2 aromatic carbocycles. The minimum atomic E-state index is -0.130. The second-order valence-corrected chi connectivity index (χ2v) is 7.54. The van der Waals surface area contributed by atoms with Crippen molar-refractivity contribution in [2.24, 2.45) is 0 Å². The van der Waals surface area contributed by atoms with Crippen molar-refractivity contribution in [3.05, 3.63) is 76.0 Å². The van der Waals surface area contributed by atoms with Gasteiger partial charge < -0.3 is 15.7 Å². The Bertz CT molecular complexity index is 966. The van der Waals surface area contributed by atoms with E-state index in [0.717, 1.165) is 28.8 Å². The average molecular weight is 409 g/mol. The Morgan fingerprint density at radius 2 is 1.76 bits per heavy atom. The van der Waals surface area contributed by atoms with E-state index in [-0.39, 0.29) is 18.4 Å². The van der Waals surface area contributed by atoms with Crippen LogP contribution >= 0.6 is 11.3 Å². The highest BCUT2D eigenvalue weighted by molar-refractivity contribution is 7.08. The van der Waals surface area contributed by atoms with Crippen LogP contribution in [-0.4, -0.2) is 30.1 Å². The zero-order chi connectivity index (χ0) is 20.6. The maximum Gasteiger partial charge on any atom is 0.256 e. The first kappa shape index (κ1) is 20.8. The Kier molecular flexibility index (Phi) is 7.16. The molecule has 0 aliphatic rings. The maximum absolute atomic E-state index is 12.3. The van der Waals surface area contributed by atoms with Gasteiger partial charge in [0.2, 0.25) is 0 Å². The smallest absolute Gasteiger partial charge is 0.256 e. The normalized spacial score (nSPS) is 10.6. The summed E-state index contributed by atoms with van der Waals surface area (Å²) in [7, 11) is 0. The number of carbonyl (C=O) groups excluding carboxylic acids is 2. The number of aryl methyl sites for hydroxylation is 1. The van der Waals surface area contributed by atoms with Gasteiger partial charge in [0.25, 0.3) is 11.8 Å². The van der Waals surface area contributed by atoms with Crippen molar-refractivity contribution < 1.29 is 14.7 Å². The van der Waals surface area contributed by atoms with Crippen molar-refractivity contribution in [3.8, 4) is 11.1 Å². The molecule has 0 unspecified atom stereocenters. The number of amides is 2. The largest absolute Gasteiger partial charge is 0.396 e. The molecule has 1 heterocycles. The number of unbranched alkanes of at least 4 members (excludes halogenated alkanes) is 1. The van der Waals surface area contributed by atoms with Gasteiger partial charge in [-0.2, -0.15) is 11.3 Å². The zero-order valence-corrected chi connectivity index (χ0v) is 17.1. The standard InChI is InChI=1S/C23H24N2O3S/c1-16-4-9-20(25-23(28)19-10-13-29-15-19)14-21(16)17-5-7-18(8-6-17)22(27)24-11-2-3-12-26/h4-10,13-15,26H,2-3,11-12H2,1H3,(H,24,27)(H,25,28). The number of thiophene rings is 1. The molecule has 0 saturated carbocycles. The number of rotatable bonds is 8. The quantitative estimate of drug-likeness (QED) is 0.481. The predicted octanol–water partition coefficient (Wildman–Crippen LogP) is 4.48. The summed E-state index contributed by atoms with van der Waals surface area (Å²) in [6, 6.07) is 15.0. The van der Waals surface area contributed by atoms with E-state index in [0.29, 0.717) is 24.1 Å². The summed E-state index contributed by atoms with van der Waals surface area (Å²) in [5.74, 6) is -0.253. The molecule has 0 spiro atoms. The maximum atomic E-state index is 12.3. The minimum absolute atomic E-state index is 0.122. The lowest BCUT2D eigenvalue weighted by atomic mass is 9.98. The van der Waals surface area contributed by atoms with Crippen LogP contribution in [0.2, 0.25) is 0 Å². The van der Waals surface area contributed by atoms with E-state index in [1.165, 1.54) is 11.3 Å². The van der Waals surface area contributed by atoms with Gasteiger partial charge in [-0.25, -0.2) is 0 Å². The number of hydrogen-bond acceptors (Lipinski definition) is 4. The molecule has 0 saturated heterocycles. The van der Waals surface area contributed by atoms with Crippen molar-refractivity contribution >= 4 is 28.8 Å². The van der Waals surface area contributed by atoms with E-state index in [9.17, 15) is 9.59 Å². The first-order valence-corrected chi connectivity index (χ1v) is 10.5. The van der Waals surface area contributed by atoms with Crippen molar-refractivity contribution in [1.82, 2.24) is 5.32 Å². The van der Waals surface area contributed by atoms with Gasteiger partial charge >= 0.3 is 0 Å². The highest BCUT2D eigenvalue weighted by Gasteiger charge is 2.10. The van der Waals surface area contributed by atoms with E-state index < -0.39 is 0 Å². The summed E-state index contributed by atoms with van der Waals surface area (Å²) in [6.07, 6.45) is 1.43. The molecule has 0 aliphatic carbocycles. The SMILES string of the molecule is Cc1ccc(NC(=O)c2ccsc2)cc1-c1ccc(C(=O)NCCCCO)cc1. The molecule has 1 aromatic heterocycles. The van der Waals surface area contributed by atoms with Gasteiger partial charge in [-0.1, -0.05) is 18.2 Å². The molecule has 29 heavy (non-hydrogen) atoms.